The molecule has 0 amide bonds. The van der Waals surface area contributed by atoms with Crippen molar-refractivity contribution in [1.29, 1.82) is 0 Å². The second-order valence-electron chi connectivity index (χ2n) is 25.2. The van der Waals surface area contributed by atoms with Gasteiger partial charge in [-0.3, -0.25) is 4.79 Å². The number of allylic oxidation sites excluding steroid dienone is 2. The molecule has 4 N–H and O–H groups in total. The zero-order valence-corrected chi connectivity index (χ0v) is 65.2. The van der Waals surface area contributed by atoms with Crippen LogP contribution in [0, 0.1) is 24.4 Å². The molecule has 0 fully saturated rings. The normalized spacial score (nSPS) is 12.1. The van der Waals surface area contributed by atoms with E-state index in [9.17, 15) is 74.4 Å². The van der Waals surface area contributed by atoms with Gasteiger partial charge < -0.3 is 13.3 Å². The van der Waals surface area contributed by atoms with Crippen molar-refractivity contribution < 1.29 is 87.3 Å². The van der Waals surface area contributed by atoms with E-state index in [1.165, 1.54) is 162 Å². The van der Waals surface area contributed by atoms with Gasteiger partial charge in [-0.1, -0.05) is 112 Å². The molecule has 0 unspecified atom stereocenters. The molecule has 0 atom stereocenters. The van der Waals surface area contributed by atoms with Gasteiger partial charge in [0, 0.05) is 64.1 Å². The molecule has 1 aliphatic carbocycles. The Morgan fingerprint density at radius 3 is 1.26 bits per heavy atom. The van der Waals surface area contributed by atoms with Crippen LogP contribution in [0.15, 0.2) is 321 Å². The summed E-state index contributed by atoms with van der Waals surface area (Å²) in [5, 5.41) is 13.7. The summed E-state index contributed by atoms with van der Waals surface area (Å²) < 4.78 is 194. The van der Waals surface area contributed by atoms with E-state index in [0.29, 0.717) is 57.5 Å². The first-order valence-corrected chi connectivity index (χ1v) is 41.7. The molecule has 0 saturated heterocycles. The number of halogens is 6. The van der Waals surface area contributed by atoms with Crippen LogP contribution in [0.2, 0.25) is 0 Å². The number of ketones is 1. The highest BCUT2D eigenvalue weighted by Gasteiger charge is 2.36. The van der Waals surface area contributed by atoms with Gasteiger partial charge in [0.2, 0.25) is 20.0 Å². The lowest BCUT2D eigenvalue weighted by Gasteiger charge is -2.08. The van der Waals surface area contributed by atoms with Gasteiger partial charge in [0.15, 0.2) is 42.8 Å². The molecule has 4 aromatic heterocycles. The third-order valence-corrected chi connectivity index (χ3v) is 21.9. The number of primary sulfonamides is 2. The van der Waals surface area contributed by atoms with Crippen molar-refractivity contribution in [2.24, 2.45) is 10.3 Å². The number of alkyl halides is 3. The minimum Gasteiger partial charge on any atom is -0.440 e. The monoisotopic (exact) mass is 1710 g/mol. The zero-order chi connectivity index (χ0) is 83.4. The van der Waals surface area contributed by atoms with Gasteiger partial charge >= 0.3 is 17.7 Å². The van der Waals surface area contributed by atoms with Gasteiger partial charge in [0.25, 0.3) is 0 Å². The van der Waals surface area contributed by atoms with Crippen LogP contribution < -0.4 is 21.8 Å². The summed E-state index contributed by atoms with van der Waals surface area (Å²) in [4.78, 5) is 46.3. The molecule has 0 radical (unpaired) electrons. The van der Waals surface area contributed by atoms with E-state index in [2.05, 4.69) is 15.0 Å². The number of carbonyl (C=O) groups excluding carboxylic acids is 1. The first-order valence-electron chi connectivity index (χ1n) is 34.1. The van der Waals surface area contributed by atoms with E-state index in [1.807, 2.05) is 84.9 Å². The number of aromatic nitrogens is 5. The molecular weight excluding hydrogens is 1640 g/mol. The maximum atomic E-state index is 13.1. The Morgan fingerprint density at radius 2 is 0.839 bits per heavy atom. The topological polar surface area (TPSA) is 338 Å². The van der Waals surface area contributed by atoms with E-state index in [-0.39, 0.29) is 51.6 Å². The molecule has 34 heteroatoms. The van der Waals surface area contributed by atoms with Crippen LogP contribution in [0.4, 0.5) is 26.3 Å². The maximum Gasteiger partial charge on any atom is 0.435 e. The Labute approximate surface area is 678 Å². The number of hydrogen-bond donors (Lipinski definition) is 2. The van der Waals surface area contributed by atoms with Crippen LogP contribution in [0.1, 0.15) is 50.4 Å². The average molecular weight is 1710 g/mol. The van der Waals surface area contributed by atoms with Gasteiger partial charge in [-0.25, -0.2) is 90.4 Å². The summed E-state index contributed by atoms with van der Waals surface area (Å²) in [6.07, 6.45) is 1.40. The lowest BCUT2D eigenvalue weighted by Crippen LogP contribution is -2.13. The van der Waals surface area contributed by atoms with Crippen LogP contribution in [0.5, 0.6) is 0 Å². The summed E-state index contributed by atoms with van der Waals surface area (Å²) in [6, 6.07) is 67.3. The predicted molar refractivity (Wildman–Crippen MR) is 436 cm³/mol. The molecule has 0 spiro atoms. The highest BCUT2D eigenvalue weighted by atomic mass is 32.2. The third kappa shape index (κ3) is 22.4. The van der Waals surface area contributed by atoms with Crippen molar-refractivity contribution in [1.82, 2.24) is 23.9 Å². The van der Waals surface area contributed by atoms with Crippen molar-refractivity contribution in [2.45, 2.75) is 65.3 Å². The van der Waals surface area contributed by atoms with Crippen LogP contribution in [-0.2, 0) is 59.9 Å². The molecule has 15 rings (SSSR count). The summed E-state index contributed by atoms with van der Waals surface area (Å²) in [6.45, 7) is 1.77. The SMILES string of the molecule is C.C.COOSc1ccc(C2=C(c3ccccc3)C(=O)CC2)cc1.CS(=O)(=O)c1ccc(-c2coc(=O)n2-c2ccc(F)cc2)cc1.CS(=O)(=O)c1ccc(-n2nc(C(F)(F)F)cc2-c2ccc(F)cc2)cc1.Cc1nc(-c2ccccc2)c(-c2ccc(S(N)(=O)=O)cc2)o1.NS(=O)(=O)c1ccc(-c2coc(=O)n2-c2ccc(F)cc2)cc1. The summed E-state index contributed by atoms with van der Waals surface area (Å²) >= 11 is 1.16. The number of benzene rings is 10. The van der Waals surface area contributed by atoms with E-state index in [0.717, 1.165) is 97.8 Å². The zero-order valence-electron chi connectivity index (χ0n) is 61.1. The number of aryl methyl sites for hydroxylation is 1. The van der Waals surface area contributed by atoms with E-state index in [1.54, 1.807) is 31.2 Å². The second kappa shape index (κ2) is 38.1. The Kier molecular flexibility index (Phi) is 28.9. The quantitative estimate of drug-likeness (QED) is 0.0370. The van der Waals surface area contributed by atoms with Crippen LogP contribution in [-0.4, -0.2) is 83.0 Å². The Hall–Kier alpha value is -12.4. The molecule has 0 bridgehead atoms. The van der Waals surface area contributed by atoms with Gasteiger partial charge in [-0.05, 0) is 187 Å². The highest BCUT2D eigenvalue weighted by molar-refractivity contribution is 7.94. The number of hydrogen-bond acceptors (Lipinski definition) is 19. The largest absolute Gasteiger partial charge is 0.440 e. The van der Waals surface area contributed by atoms with Gasteiger partial charge in [0.05, 0.1) is 72.9 Å². The van der Waals surface area contributed by atoms with Crippen molar-refractivity contribution in [2.75, 3.05) is 19.6 Å². The Bertz CT molecular complexity index is 6300. The minimum absolute atomic E-state index is 0. The molecule has 612 valence electrons. The fourth-order valence-corrected chi connectivity index (χ4v) is 14.3. The molecule has 23 nitrogen and oxygen atoms in total. The number of nitrogens with zero attached hydrogens (tertiary/aromatic N) is 5. The average Bonchev–Trinajstić information content (AvgIpc) is 1.64. The van der Waals surface area contributed by atoms with Crippen molar-refractivity contribution >= 4 is 68.7 Å². The van der Waals surface area contributed by atoms with Crippen LogP contribution in [0.25, 0.3) is 84.6 Å². The fourth-order valence-electron chi connectivity index (χ4n) is 11.6. The summed E-state index contributed by atoms with van der Waals surface area (Å²) in [7, 11) is -12.8. The van der Waals surface area contributed by atoms with Crippen molar-refractivity contribution in [3.8, 4) is 73.4 Å². The van der Waals surface area contributed by atoms with Crippen molar-refractivity contribution in [3.05, 3.63) is 335 Å². The lowest BCUT2D eigenvalue weighted by atomic mass is 9.97. The standard InChI is InChI=1S/C18H16O3S.C17H12F4N2O2S.C16H12FNO4S.C16H14N2O3S.C15H11FN2O4S.2CH4/c1-20-21-22-15-9-7-13(8-10-15)16-11-12-17(19)18(16)14-5-3-2-4-6-14;1-26(24,25)14-8-6-13(7-9-14)23-15(10-16(22-23)17(19,20)21)11-2-4-12(18)5-3-11;1-23(20,21)14-8-2-11(3-9-14)15-10-22-16(19)18(15)13-6-4-12(17)5-7-13;1-11-18-15(12-5-3-2-4-6-12)16(21-11)13-7-9-14(10-8-13)22(17,19)20;16-11-3-5-12(6-4-11)18-14(9-22-15(18)19)10-1-7-13(8-2-10)23(17,20)21;;/h2-10H,11-12H2,1H3;2-10H,1H3;2-10H,1H3;2-10H,1H3,(H2,17,19,20);1-9H,(H2,17,20,21);2*1H4. The molecule has 14 aromatic rings. The highest BCUT2D eigenvalue weighted by Crippen LogP contribution is 2.40. The molecule has 10 aromatic carbocycles. The van der Waals surface area contributed by atoms with Crippen molar-refractivity contribution in [3.63, 3.8) is 0 Å². The molecule has 0 aliphatic heterocycles. The first-order chi connectivity index (χ1) is 55.0. The van der Waals surface area contributed by atoms with E-state index < -0.39 is 80.6 Å². The van der Waals surface area contributed by atoms with Gasteiger partial charge in [-0.15, -0.1) is 0 Å². The van der Waals surface area contributed by atoms with E-state index in [4.69, 9.17) is 27.9 Å². The lowest BCUT2D eigenvalue weighted by molar-refractivity contribution is -0.160. The molecular formula is C84H73F6N7O16S5. The molecule has 4 heterocycles. The van der Waals surface area contributed by atoms with Gasteiger partial charge in [0.1, 0.15) is 35.7 Å². The summed E-state index contributed by atoms with van der Waals surface area (Å²) in [5.41, 5.74) is 8.93. The number of sulfonamides is 2. The smallest absolute Gasteiger partial charge is 0.435 e. The first kappa shape index (κ1) is 89.6. The number of sulfone groups is 2. The third-order valence-electron chi connectivity index (χ3n) is 17.1. The molecule has 118 heavy (non-hydrogen) atoms. The predicted octanol–water partition coefficient (Wildman–Crippen LogP) is 17.4. The van der Waals surface area contributed by atoms with E-state index >= 15 is 0 Å². The number of oxazole rings is 3. The second-order valence-corrected chi connectivity index (χ2v) is 33.1. The fraction of sp³-hybridized carbons (Fsp3) is 0.107. The molecule has 0 saturated carbocycles. The van der Waals surface area contributed by atoms with Crippen LogP contribution >= 0.6 is 12.0 Å². The Balaban J connectivity index is 0.000000168. The maximum absolute atomic E-state index is 13.1. The molecule has 1 aliphatic rings. The minimum atomic E-state index is -4.66. The number of nitrogens with two attached hydrogens (primary N) is 2. The van der Waals surface area contributed by atoms with Crippen LogP contribution in [0.3, 0.4) is 0 Å². The Morgan fingerprint density at radius 1 is 0.458 bits per heavy atom. The number of carbonyl (C=O) groups is 1. The summed E-state index contributed by atoms with van der Waals surface area (Å²) in [5.74, 6) is -1.24. The van der Waals surface area contributed by atoms with Gasteiger partial charge in [-0.2, -0.15) is 22.6 Å². The number of Topliss-reactive ketones (excluding diaryl/α,β-unsaturated/α-hetero) is 1. The number of rotatable bonds is 17.